The fourth-order valence-electron chi connectivity index (χ4n) is 4.88. The molecule has 0 radical (unpaired) electrons. The molecule has 9 nitrogen and oxygen atoms in total. The van der Waals surface area contributed by atoms with Crippen LogP contribution in [0.4, 0.5) is 17.5 Å². The van der Waals surface area contributed by atoms with Gasteiger partial charge in [0.15, 0.2) is 0 Å². The molecule has 0 atom stereocenters. The van der Waals surface area contributed by atoms with Gasteiger partial charge in [-0.2, -0.15) is 15.3 Å². The number of aryl methyl sites for hydroxylation is 2. The smallest absolute Gasteiger partial charge is 0.229 e. The number of nitrogens with one attached hydrogen (secondary N) is 1. The zero-order valence-corrected chi connectivity index (χ0v) is 18.5. The second-order valence-electron chi connectivity index (χ2n) is 9.37. The van der Waals surface area contributed by atoms with Gasteiger partial charge in [0.1, 0.15) is 5.82 Å². The third-order valence-electron chi connectivity index (χ3n) is 6.84. The molecule has 4 heterocycles. The topological polar surface area (TPSA) is 89.1 Å². The zero-order chi connectivity index (χ0) is 21.4. The van der Waals surface area contributed by atoms with Crippen molar-refractivity contribution in [2.45, 2.75) is 31.7 Å². The summed E-state index contributed by atoms with van der Waals surface area (Å²) in [6.07, 6.45) is 8.90. The molecule has 3 fully saturated rings. The van der Waals surface area contributed by atoms with E-state index in [4.69, 9.17) is 4.98 Å². The molecule has 2 aliphatic heterocycles. The van der Waals surface area contributed by atoms with Gasteiger partial charge in [-0.25, -0.2) is 4.98 Å². The Morgan fingerprint density at radius 1 is 1.19 bits per heavy atom. The maximum Gasteiger partial charge on any atom is 0.229 e. The van der Waals surface area contributed by atoms with Crippen LogP contribution in [-0.4, -0.2) is 80.9 Å². The number of rotatable bonds is 7. The molecule has 2 aromatic heterocycles. The first-order valence-corrected chi connectivity index (χ1v) is 11.2. The van der Waals surface area contributed by atoms with Gasteiger partial charge >= 0.3 is 0 Å². The Kier molecular flexibility index (Phi) is 5.28. The lowest BCUT2D eigenvalue weighted by Gasteiger charge is -2.57. The molecule has 1 saturated carbocycles. The first-order chi connectivity index (χ1) is 15.0. The summed E-state index contributed by atoms with van der Waals surface area (Å²) in [6.45, 7) is 9.34. The van der Waals surface area contributed by atoms with Crippen LogP contribution in [-0.2, 0) is 7.05 Å². The van der Waals surface area contributed by atoms with Crippen LogP contribution in [0.15, 0.2) is 18.6 Å². The van der Waals surface area contributed by atoms with E-state index < -0.39 is 0 Å². The van der Waals surface area contributed by atoms with Crippen molar-refractivity contribution in [3.05, 3.63) is 24.2 Å². The SMILES string of the molecule is Cc1cnc(Nc2cnn(C)c2)nc1N1CC(CC#N)(N2CCN(CC3CC3)CC2)C1. The molecule has 0 bridgehead atoms. The van der Waals surface area contributed by atoms with Crippen LogP contribution >= 0.6 is 0 Å². The van der Waals surface area contributed by atoms with Gasteiger partial charge in [0, 0.05) is 70.8 Å². The minimum absolute atomic E-state index is 0.0608. The second-order valence-corrected chi connectivity index (χ2v) is 9.37. The summed E-state index contributed by atoms with van der Waals surface area (Å²) < 4.78 is 1.74. The highest BCUT2D eigenvalue weighted by atomic mass is 15.4. The summed E-state index contributed by atoms with van der Waals surface area (Å²) in [7, 11) is 1.88. The van der Waals surface area contributed by atoms with Crippen molar-refractivity contribution in [3.8, 4) is 6.07 Å². The Hall–Kier alpha value is -2.70. The Morgan fingerprint density at radius 2 is 1.97 bits per heavy atom. The van der Waals surface area contributed by atoms with Crippen molar-refractivity contribution in [2.24, 2.45) is 13.0 Å². The zero-order valence-electron chi connectivity index (χ0n) is 18.5. The quantitative estimate of drug-likeness (QED) is 0.724. The van der Waals surface area contributed by atoms with Gasteiger partial charge < -0.3 is 15.1 Å². The summed E-state index contributed by atoms with van der Waals surface area (Å²) >= 11 is 0. The molecule has 9 heteroatoms. The number of hydrogen-bond acceptors (Lipinski definition) is 8. The van der Waals surface area contributed by atoms with Crippen molar-refractivity contribution in [1.82, 2.24) is 29.5 Å². The molecule has 0 aromatic carbocycles. The summed E-state index contributed by atoms with van der Waals surface area (Å²) in [5, 5.41) is 17.0. The molecule has 5 rings (SSSR count). The molecule has 1 N–H and O–H groups in total. The summed E-state index contributed by atoms with van der Waals surface area (Å²) in [4.78, 5) is 16.7. The first-order valence-electron chi connectivity index (χ1n) is 11.2. The van der Waals surface area contributed by atoms with Crippen molar-refractivity contribution < 1.29 is 0 Å². The summed E-state index contributed by atoms with van der Waals surface area (Å²) in [6, 6.07) is 2.46. The van der Waals surface area contributed by atoms with Gasteiger partial charge in [0.2, 0.25) is 5.95 Å². The number of piperazine rings is 1. The number of nitriles is 1. The largest absolute Gasteiger partial charge is 0.352 e. The van der Waals surface area contributed by atoms with Gasteiger partial charge in [-0.3, -0.25) is 9.58 Å². The fourth-order valence-corrected chi connectivity index (χ4v) is 4.88. The molecule has 0 amide bonds. The maximum atomic E-state index is 9.55. The Balaban J connectivity index is 1.25. The standard InChI is InChI=1S/C22H31N9/c1-17-11-24-21(26-19-12-25-28(2)14-19)27-20(17)30-15-22(16-30,5-6-23)31-9-7-29(8-10-31)13-18-3-4-18/h11-12,14,18H,3-5,7-10,13,15-16H2,1-2H3,(H,24,26,27). The second kappa shape index (κ2) is 8.09. The van der Waals surface area contributed by atoms with Gasteiger partial charge in [-0.1, -0.05) is 0 Å². The molecule has 2 aromatic rings. The predicted molar refractivity (Wildman–Crippen MR) is 119 cm³/mol. The highest BCUT2D eigenvalue weighted by molar-refractivity contribution is 5.57. The molecule has 0 spiro atoms. The van der Waals surface area contributed by atoms with E-state index >= 15 is 0 Å². The summed E-state index contributed by atoms with van der Waals surface area (Å²) in [5.41, 5.74) is 1.86. The van der Waals surface area contributed by atoms with Crippen LogP contribution in [0, 0.1) is 24.2 Å². The van der Waals surface area contributed by atoms with E-state index in [1.807, 2.05) is 26.4 Å². The number of nitrogens with zero attached hydrogens (tertiary/aromatic N) is 8. The average molecular weight is 422 g/mol. The van der Waals surface area contributed by atoms with E-state index in [1.54, 1.807) is 10.9 Å². The van der Waals surface area contributed by atoms with Crippen LogP contribution in [0.5, 0.6) is 0 Å². The van der Waals surface area contributed by atoms with E-state index in [0.29, 0.717) is 12.4 Å². The normalized spacial score (nSPS) is 21.5. The third kappa shape index (κ3) is 4.23. The monoisotopic (exact) mass is 421 g/mol. The highest BCUT2D eigenvalue weighted by Crippen LogP contribution is 2.37. The maximum absolute atomic E-state index is 9.55. The lowest BCUT2D eigenvalue weighted by molar-refractivity contribution is 0.0140. The average Bonchev–Trinajstić information content (AvgIpc) is 3.46. The third-order valence-corrected chi connectivity index (χ3v) is 6.84. The van der Waals surface area contributed by atoms with E-state index in [1.165, 1.54) is 19.4 Å². The lowest BCUT2D eigenvalue weighted by atomic mass is 9.83. The number of hydrogen-bond donors (Lipinski definition) is 1. The molecular weight excluding hydrogens is 390 g/mol. The summed E-state index contributed by atoms with van der Waals surface area (Å²) in [5.74, 6) is 2.46. The molecule has 164 valence electrons. The van der Waals surface area contributed by atoms with Crippen molar-refractivity contribution >= 4 is 17.5 Å². The molecule has 3 aliphatic rings. The Morgan fingerprint density at radius 3 is 2.61 bits per heavy atom. The highest BCUT2D eigenvalue weighted by Gasteiger charge is 2.49. The predicted octanol–water partition coefficient (Wildman–Crippen LogP) is 1.76. The van der Waals surface area contributed by atoms with E-state index in [0.717, 1.165) is 62.3 Å². The minimum Gasteiger partial charge on any atom is -0.352 e. The Labute approximate surface area is 183 Å². The minimum atomic E-state index is -0.0608. The molecule has 0 unspecified atom stereocenters. The van der Waals surface area contributed by atoms with Crippen LogP contribution in [0.1, 0.15) is 24.8 Å². The molecule has 2 saturated heterocycles. The van der Waals surface area contributed by atoms with Crippen LogP contribution in [0.3, 0.4) is 0 Å². The van der Waals surface area contributed by atoms with Gasteiger partial charge in [-0.05, 0) is 25.7 Å². The molecule has 1 aliphatic carbocycles. The van der Waals surface area contributed by atoms with Gasteiger partial charge in [-0.15, -0.1) is 0 Å². The Bertz CT molecular complexity index is 960. The van der Waals surface area contributed by atoms with Gasteiger partial charge in [0.25, 0.3) is 0 Å². The fraction of sp³-hybridized carbons (Fsp3) is 0.636. The lowest BCUT2D eigenvalue weighted by Crippen LogP contribution is -2.72. The van der Waals surface area contributed by atoms with Crippen molar-refractivity contribution in [2.75, 3.05) is 56.0 Å². The first kappa shape index (κ1) is 20.2. The van der Waals surface area contributed by atoms with Crippen molar-refractivity contribution in [1.29, 1.82) is 5.26 Å². The van der Waals surface area contributed by atoms with E-state index in [9.17, 15) is 5.26 Å². The molecule has 31 heavy (non-hydrogen) atoms. The van der Waals surface area contributed by atoms with E-state index in [2.05, 4.69) is 36.2 Å². The number of aromatic nitrogens is 4. The van der Waals surface area contributed by atoms with Crippen molar-refractivity contribution in [3.63, 3.8) is 0 Å². The van der Waals surface area contributed by atoms with Crippen LogP contribution in [0.2, 0.25) is 0 Å². The van der Waals surface area contributed by atoms with E-state index in [-0.39, 0.29) is 5.54 Å². The van der Waals surface area contributed by atoms with Crippen LogP contribution < -0.4 is 10.2 Å². The molecular formula is C22H31N9. The van der Waals surface area contributed by atoms with Gasteiger partial charge in [0.05, 0.1) is 29.9 Å². The van der Waals surface area contributed by atoms with Crippen LogP contribution in [0.25, 0.3) is 0 Å². The number of anilines is 3.